The average Bonchev–Trinajstić information content (AvgIpc) is 2.48. The maximum Gasteiger partial charge on any atom is 0.119 e. The summed E-state index contributed by atoms with van der Waals surface area (Å²) in [5.74, 6) is 0.887. The monoisotopic (exact) mass is 270 g/mol. The molecule has 2 rings (SSSR count). The van der Waals surface area contributed by atoms with Crippen LogP contribution in [0.2, 0.25) is 0 Å². The van der Waals surface area contributed by atoms with E-state index in [2.05, 4.69) is 53.7 Å². The Hall–Kier alpha value is -2.00. The van der Waals surface area contributed by atoms with Crippen LogP contribution in [0.25, 0.3) is 0 Å². The SMILES string of the molecule is CNCc1cccc(CN(C)c2ccc(OC)cc2)c1. The third kappa shape index (κ3) is 3.75. The van der Waals surface area contributed by atoms with E-state index < -0.39 is 0 Å². The molecule has 0 aliphatic rings. The molecule has 20 heavy (non-hydrogen) atoms. The Morgan fingerprint density at radius 2 is 1.75 bits per heavy atom. The van der Waals surface area contributed by atoms with E-state index >= 15 is 0 Å². The number of ether oxygens (including phenoxy) is 1. The van der Waals surface area contributed by atoms with Crippen molar-refractivity contribution < 1.29 is 4.74 Å². The minimum absolute atomic E-state index is 0.887. The highest BCUT2D eigenvalue weighted by molar-refractivity contribution is 5.49. The van der Waals surface area contributed by atoms with Gasteiger partial charge in [-0.15, -0.1) is 0 Å². The molecule has 0 saturated heterocycles. The first kappa shape index (κ1) is 14.4. The molecule has 3 heteroatoms. The fourth-order valence-corrected chi connectivity index (χ4v) is 2.24. The van der Waals surface area contributed by atoms with Crippen LogP contribution in [-0.2, 0) is 13.1 Å². The van der Waals surface area contributed by atoms with Crippen LogP contribution in [0.1, 0.15) is 11.1 Å². The first-order chi connectivity index (χ1) is 9.72. The Balaban J connectivity index is 2.06. The molecule has 2 aromatic carbocycles. The van der Waals surface area contributed by atoms with Crippen molar-refractivity contribution in [2.24, 2.45) is 0 Å². The summed E-state index contributed by atoms with van der Waals surface area (Å²) in [5, 5.41) is 3.18. The van der Waals surface area contributed by atoms with Crippen molar-refractivity contribution in [3.05, 3.63) is 59.7 Å². The van der Waals surface area contributed by atoms with Crippen molar-refractivity contribution in [2.75, 3.05) is 26.1 Å². The number of hydrogen-bond acceptors (Lipinski definition) is 3. The molecular formula is C17H22N2O. The zero-order valence-corrected chi connectivity index (χ0v) is 12.4. The Morgan fingerprint density at radius 1 is 1.05 bits per heavy atom. The van der Waals surface area contributed by atoms with E-state index in [-0.39, 0.29) is 0 Å². The zero-order chi connectivity index (χ0) is 14.4. The third-order valence-corrected chi connectivity index (χ3v) is 3.31. The lowest BCUT2D eigenvalue weighted by Crippen LogP contribution is -2.16. The predicted molar refractivity (Wildman–Crippen MR) is 84.3 cm³/mol. The van der Waals surface area contributed by atoms with Crippen LogP contribution in [0.4, 0.5) is 5.69 Å². The maximum absolute atomic E-state index is 5.18. The molecule has 106 valence electrons. The number of hydrogen-bond donors (Lipinski definition) is 1. The van der Waals surface area contributed by atoms with Crippen molar-refractivity contribution in [1.29, 1.82) is 0 Å². The molecular weight excluding hydrogens is 248 g/mol. The summed E-state index contributed by atoms with van der Waals surface area (Å²) in [7, 11) is 5.76. The van der Waals surface area contributed by atoms with E-state index in [9.17, 15) is 0 Å². The van der Waals surface area contributed by atoms with Gasteiger partial charge < -0.3 is 15.0 Å². The molecule has 0 atom stereocenters. The molecule has 0 bridgehead atoms. The lowest BCUT2D eigenvalue weighted by atomic mass is 10.1. The van der Waals surface area contributed by atoms with E-state index in [4.69, 9.17) is 4.74 Å². The van der Waals surface area contributed by atoms with Gasteiger partial charge in [-0.3, -0.25) is 0 Å². The van der Waals surface area contributed by atoms with Crippen LogP contribution in [0, 0.1) is 0 Å². The van der Waals surface area contributed by atoms with Crippen molar-refractivity contribution in [1.82, 2.24) is 5.32 Å². The van der Waals surface area contributed by atoms with Gasteiger partial charge in [-0.2, -0.15) is 0 Å². The van der Waals surface area contributed by atoms with E-state index in [1.165, 1.54) is 16.8 Å². The average molecular weight is 270 g/mol. The highest BCUT2D eigenvalue weighted by Gasteiger charge is 2.03. The smallest absolute Gasteiger partial charge is 0.119 e. The lowest BCUT2D eigenvalue weighted by molar-refractivity contribution is 0.415. The zero-order valence-electron chi connectivity index (χ0n) is 12.4. The molecule has 0 fully saturated rings. The van der Waals surface area contributed by atoms with Gasteiger partial charge in [0.25, 0.3) is 0 Å². The molecule has 0 saturated carbocycles. The summed E-state index contributed by atoms with van der Waals surface area (Å²) in [6.45, 7) is 1.80. The fourth-order valence-electron chi connectivity index (χ4n) is 2.24. The minimum atomic E-state index is 0.887. The van der Waals surface area contributed by atoms with E-state index in [1.54, 1.807) is 7.11 Å². The Morgan fingerprint density at radius 3 is 2.40 bits per heavy atom. The lowest BCUT2D eigenvalue weighted by Gasteiger charge is -2.20. The molecule has 0 spiro atoms. The normalized spacial score (nSPS) is 10.3. The minimum Gasteiger partial charge on any atom is -0.497 e. The Bertz CT molecular complexity index is 537. The molecule has 0 aliphatic carbocycles. The second-order valence-corrected chi connectivity index (χ2v) is 4.90. The second-order valence-electron chi connectivity index (χ2n) is 4.90. The number of nitrogens with one attached hydrogen (secondary N) is 1. The van der Waals surface area contributed by atoms with Gasteiger partial charge >= 0.3 is 0 Å². The van der Waals surface area contributed by atoms with Gasteiger partial charge in [-0.25, -0.2) is 0 Å². The molecule has 0 unspecified atom stereocenters. The Labute approximate surface area is 121 Å². The summed E-state index contributed by atoms with van der Waals surface area (Å²) in [5.41, 5.74) is 3.81. The number of benzene rings is 2. The molecule has 0 aliphatic heterocycles. The molecule has 0 heterocycles. The quantitative estimate of drug-likeness (QED) is 0.873. The number of anilines is 1. The topological polar surface area (TPSA) is 24.5 Å². The molecule has 0 aromatic heterocycles. The second kappa shape index (κ2) is 6.96. The summed E-state index contributed by atoms with van der Waals surface area (Å²) < 4.78 is 5.18. The van der Waals surface area contributed by atoms with Gasteiger partial charge in [0.2, 0.25) is 0 Å². The number of rotatable bonds is 6. The van der Waals surface area contributed by atoms with Gasteiger partial charge in [-0.05, 0) is 42.4 Å². The van der Waals surface area contributed by atoms with Crippen LogP contribution in [0.15, 0.2) is 48.5 Å². The van der Waals surface area contributed by atoms with Crippen molar-refractivity contribution in [3.8, 4) is 5.75 Å². The van der Waals surface area contributed by atoms with E-state index in [0.29, 0.717) is 0 Å². The number of methoxy groups -OCH3 is 1. The summed E-state index contributed by atoms with van der Waals surface area (Å²) in [6, 6.07) is 16.8. The summed E-state index contributed by atoms with van der Waals surface area (Å²) in [6.07, 6.45) is 0. The Kier molecular flexibility index (Phi) is 5.02. The first-order valence-electron chi connectivity index (χ1n) is 6.80. The van der Waals surface area contributed by atoms with Gasteiger partial charge in [0, 0.05) is 25.8 Å². The molecule has 3 nitrogen and oxygen atoms in total. The largest absolute Gasteiger partial charge is 0.497 e. The van der Waals surface area contributed by atoms with Crippen molar-refractivity contribution in [3.63, 3.8) is 0 Å². The highest BCUT2D eigenvalue weighted by Crippen LogP contribution is 2.20. The van der Waals surface area contributed by atoms with Crippen LogP contribution in [0.3, 0.4) is 0 Å². The van der Waals surface area contributed by atoms with Crippen molar-refractivity contribution in [2.45, 2.75) is 13.1 Å². The third-order valence-electron chi connectivity index (χ3n) is 3.31. The first-order valence-corrected chi connectivity index (χ1v) is 6.80. The summed E-state index contributed by atoms with van der Waals surface area (Å²) >= 11 is 0. The van der Waals surface area contributed by atoms with Gasteiger partial charge in [0.05, 0.1) is 7.11 Å². The van der Waals surface area contributed by atoms with Crippen LogP contribution < -0.4 is 15.0 Å². The highest BCUT2D eigenvalue weighted by atomic mass is 16.5. The van der Waals surface area contributed by atoms with Crippen LogP contribution >= 0.6 is 0 Å². The maximum atomic E-state index is 5.18. The van der Waals surface area contributed by atoms with Gasteiger partial charge in [-0.1, -0.05) is 24.3 Å². The molecule has 2 aromatic rings. The van der Waals surface area contributed by atoms with Crippen LogP contribution in [-0.4, -0.2) is 21.2 Å². The fraction of sp³-hybridized carbons (Fsp3) is 0.294. The van der Waals surface area contributed by atoms with Gasteiger partial charge in [0.15, 0.2) is 0 Å². The molecule has 0 radical (unpaired) electrons. The molecule has 0 amide bonds. The summed E-state index contributed by atoms with van der Waals surface area (Å²) in [4.78, 5) is 2.23. The van der Waals surface area contributed by atoms with E-state index in [0.717, 1.165) is 18.8 Å². The van der Waals surface area contributed by atoms with Crippen molar-refractivity contribution >= 4 is 5.69 Å². The standard InChI is InChI=1S/C17H22N2O/c1-18-12-14-5-4-6-15(11-14)13-19(2)16-7-9-17(20-3)10-8-16/h4-11,18H,12-13H2,1-3H3. The molecule has 1 N–H and O–H groups in total. The van der Waals surface area contributed by atoms with Crippen LogP contribution in [0.5, 0.6) is 5.75 Å². The predicted octanol–water partition coefficient (Wildman–Crippen LogP) is 3.05. The van der Waals surface area contributed by atoms with E-state index in [1.807, 2.05) is 19.2 Å². The number of nitrogens with zero attached hydrogens (tertiary/aromatic N) is 1. The van der Waals surface area contributed by atoms with Gasteiger partial charge in [0.1, 0.15) is 5.75 Å².